The van der Waals surface area contributed by atoms with Crippen LogP contribution < -0.4 is 25.6 Å². The van der Waals surface area contributed by atoms with Crippen LogP contribution in [0.5, 0.6) is 11.5 Å². The SMILES string of the molecule is COc1cc(OC)cc(C(=O)NC(=S)NNC(=O)[C@@H]2C[C@H]2c2ccccc2)c1. The molecule has 8 heteroatoms. The minimum atomic E-state index is -0.447. The maximum atomic E-state index is 12.4. The largest absolute Gasteiger partial charge is 0.497 e. The molecule has 2 amide bonds. The molecular weight excluding hydrogens is 378 g/mol. The zero-order chi connectivity index (χ0) is 20.1. The van der Waals surface area contributed by atoms with Gasteiger partial charge < -0.3 is 9.47 Å². The van der Waals surface area contributed by atoms with E-state index in [9.17, 15) is 9.59 Å². The van der Waals surface area contributed by atoms with E-state index >= 15 is 0 Å². The first kappa shape index (κ1) is 19.6. The summed E-state index contributed by atoms with van der Waals surface area (Å²) in [5.74, 6) is 0.479. The first-order valence-corrected chi connectivity index (χ1v) is 9.12. The highest BCUT2D eigenvalue weighted by atomic mass is 32.1. The molecule has 7 nitrogen and oxygen atoms in total. The first-order valence-electron chi connectivity index (χ1n) is 8.71. The molecule has 1 saturated carbocycles. The number of amides is 2. The number of thiocarbonyl (C=S) groups is 1. The number of benzene rings is 2. The third-order valence-corrected chi connectivity index (χ3v) is 4.70. The van der Waals surface area contributed by atoms with Gasteiger partial charge in [0.1, 0.15) is 11.5 Å². The second-order valence-corrected chi connectivity index (χ2v) is 6.77. The second kappa shape index (κ2) is 8.71. The van der Waals surface area contributed by atoms with Gasteiger partial charge in [0.25, 0.3) is 5.91 Å². The number of carbonyl (C=O) groups is 2. The van der Waals surface area contributed by atoms with Gasteiger partial charge in [0.2, 0.25) is 5.91 Å². The van der Waals surface area contributed by atoms with Crippen LogP contribution in [0.1, 0.15) is 28.3 Å². The Morgan fingerprint density at radius 3 is 2.25 bits per heavy atom. The quantitative estimate of drug-likeness (QED) is 0.527. The number of hydrogen-bond acceptors (Lipinski definition) is 5. The van der Waals surface area contributed by atoms with Gasteiger partial charge in [-0.1, -0.05) is 30.3 Å². The Hall–Kier alpha value is -3.13. The molecule has 0 aliphatic heterocycles. The number of carbonyl (C=O) groups excluding carboxylic acids is 2. The predicted octanol–water partition coefficient (Wildman–Crippen LogP) is 2.14. The second-order valence-electron chi connectivity index (χ2n) is 6.36. The minimum absolute atomic E-state index is 0.00273. The van der Waals surface area contributed by atoms with Crippen LogP contribution >= 0.6 is 12.2 Å². The Morgan fingerprint density at radius 2 is 1.64 bits per heavy atom. The Kier molecular flexibility index (Phi) is 6.10. The van der Waals surface area contributed by atoms with E-state index in [0.29, 0.717) is 17.1 Å². The molecule has 2 aromatic carbocycles. The van der Waals surface area contributed by atoms with Gasteiger partial charge in [-0.05, 0) is 42.3 Å². The van der Waals surface area contributed by atoms with Gasteiger partial charge in [0.05, 0.1) is 14.2 Å². The lowest BCUT2D eigenvalue weighted by Crippen LogP contribution is -2.49. The Morgan fingerprint density at radius 1 is 1.00 bits per heavy atom. The van der Waals surface area contributed by atoms with E-state index in [2.05, 4.69) is 16.2 Å². The highest BCUT2D eigenvalue weighted by Gasteiger charge is 2.43. The highest BCUT2D eigenvalue weighted by molar-refractivity contribution is 7.80. The Labute approximate surface area is 168 Å². The monoisotopic (exact) mass is 399 g/mol. The minimum Gasteiger partial charge on any atom is -0.497 e. The molecule has 3 rings (SSSR count). The van der Waals surface area contributed by atoms with Crippen molar-refractivity contribution in [3.05, 3.63) is 59.7 Å². The third kappa shape index (κ3) is 4.77. The van der Waals surface area contributed by atoms with Crippen LogP contribution in [0.25, 0.3) is 0 Å². The molecular formula is C20H21N3O4S. The molecule has 1 aliphatic rings. The van der Waals surface area contributed by atoms with Crippen LogP contribution in [0, 0.1) is 5.92 Å². The molecule has 2 aromatic rings. The van der Waals surface area contributed by atoms with Gasteiger partial charge in [-0.3, -0.25) is 25.8 Å². The lowest BCUT2D eigenvalue weighted by molar-refractivity contribution is -0.123. The molecule has 3 N–H and O–H groups in total. The summed E-state index contributed by atoms with van der Waals surface area (Å²) in [7, 11) is 3.00. The molecule has 0 aromatic heterocycles. The van der Waals surface area contributed by atoms with Crippen molar-refractivity contribution in [3.8, 4) is 11.5 Å². The maximum Gasteiger partial charge on any atom is 0.257 e. The number of hydrazine groups is 1. The molecule has 2 atom stereocenters. The average molecular weight is 399 g/mol. The van der Waals surface area contributed by atoms with E-state index in [4.69, 9.17) is 21.7 Å². The lowest BCUT2D eigenvalue weighted by Gasteiger charge is -2.12. The van der Waals surface area contributed by atoms with Gasteiger partial charge in [0.15, 0.2) is 5.11 Å². The maximum absolute atomic E-state index is 12.4. The standard InChI is InChI=1S/C20H21N3O4S/c1-26-14-8-13(9-15(10-14)27-2)18(24)21-20(28)23-22-19(25)17-11-16(17)12-6-4-3-5-7-12/h3-10,16-17H,11H2,1-2H3,(H,22,25)(H2,21,23,24,28)/t16-,17+/m0/s1. The number of methoxy groups -OCH3 is 2. The number of nitrogens with one attached hydrogen (secondary N) is 3. The van der Waals surface area contributed by atoms with Crippen molar-refractivity contribution in [1.29, 1.82) is 0 Å². The molecule has 0 bridgehead atoms. The normalized spacial score (nSPS) is 17.2. The first-order chi connectivity index (χ1) is 13.5. The zero-order valence-electron chi connectivity index (χ0n) is 15.5. The Balaban J connectivity index is 1.49. The van der Waals surface area contributed by atoms with Gasteiger partial charge in [0, 0.05) is 17.5 Å². The number of hydrogen-bond donors (Lipinski definition) is 3. The van der Waals surface area contributed by atoms with Crippen molar-refractivity contribution in [2.24, 2.45) is 5.92 Å². The summed E-state index contributed by atoms with van der Waals surface area (Å²) in [6, 6.07) is 14.7. The molecule has 0 saturated heterocycles. The number of ether oxygens (including phenoxy) is 2. The summed E-state index contributed by atoms with van der Waals surface area (Å²) in [4.78, 5) is 24.6. The summed E-state index contributed by atoms with van der Waals surface area (Å²) in [6.45, 7) is 0. The summed E-state index contributed by atoms with van der Waals surface area (Å²) in [6.07, 6.45) is 0.792. The van der Waals surface area contributed by atoms with Crippen molar-refractivity contribution in [1.82, 2.24) is 16.2 Å². The van der Waals surface area contributed by atoms with Crippen LogP contribution in [0.3, 0.4) is 0 Å². The van der Waals surface area contributed by atoms with E-state index in [-0.39, 0.29) is 22.9 Å². The Bertz CT molecular complexity index is 866. The predicted molar refractivity (Wildman–Crippen MR) is 108 cm³/mol. The fourth-order valence-electron chi connectivity index (χ4n) is 2.91. The van der Waals surface area contributed by atoms with Crippen molar-refractivity contribution < 1.29 is 19.1 Å². The molecule has 1 aliphatic carbocycles. The van der Waals surface area contributed by atoms with E-state index in [1.54, 1.807) is 18.2 Å². The van der Waals surface area contributed by atoms with Crippen molar-refractivity contribution >= 4 is 29.1 Å². The molecule has 28 heavy (non-hydrogen) atoms. The molecule has 0 spiro atoms. The van der Waals surface area contributed by atoms with Crippen LogP contribution in [-0.4, -0.2) is 31.1 Å². The summed E-state index contributed by atoms with van der Waals surface area (Å²) < 4.78 is 10.3. The summed E-state index contributed by atoms with van der Waals surface area (Å²) >= 11 is 5.08. The van der Waals surface area contributed by atoms with Crippen molar-refractivity contribution in [2.75, 3.05) is 14.2 Å². The average Bonchev–Trinajstić information content (AvgIpc) is 3.53. The van der Waals surface area contributed by atoms with Crippen molar-refractivity contribution in [3.63, 3.8) is 0 Å². The summed E-state index contributed by atoms with van der Waals surface area (Å²) in [5, 5.41) is 2.51. The van der Waals surface area contributed by atoms with Crippen LogP contribution in [-0.2, 0) is 4.79 Å². The fraction of sp³-hybridized carbons (Fsp3) is 0.250. The van der Waals surface area contributed by atoms with E-state index in [1.807, 2.05) is 30.3 Å². The topological polar surface area (TPSA) is 88.7 Å². The summed E-state index contributed by atoms with van der Waals surface area (Å²) in [5.41, 5.74) is 6.58. The molecule has 146 valence electrons. The van der Waals surface area contributed by atoms with Gasteiger partial charge >= 0.3 is 0 Å². The van der Waals surface area contributed by atoms with Gasteiger partial charge in [-0.25, -0.2) is 0 Å². The van der Waals surface area contributed by atoms with Crippen LogP contribution in [0.2, 0.25) is 0 Å². The third-order valence-electron chi connectivity index (χ3n) is 4.49. The van der Waals surface area contributed by atoms with E-state index < -0.39 is 5.91 Å². The van der Waals surface area contributed by atoms with E-state index in [0.717, 1.165) is 12.0 Å². The highest BCUT2D eigenvalue weighted by Crippen LogP contribution is 2.47. The fourth-order valence-corrected chi connectivity index (χ4v) is 3.05. The van der Waals surface area contributed by atoms with Gasteiger partial charge in [-0.15, -0.1) is 0 Å². The lowest BCUT2D eigenvalue weighted by atomic mass is 10.1. The molecule has 0 radical (unpaired) electrons. The van der Waals surface area contributed by atoms with Gasteiger partial charge in [-0.2, -0.15) is 0 Å². The van der Waals surface area contributed by atoms with Crippen LogP contribution in [0.4, 0.5) is 0 Å². The molecule has 1 fully saturated rings. The molecule has 0 unspecified atom stereocenters. The smallest absolute Gasteiger partial charge is 0.257 e. The van der Waals surface area contributed by atoms with Crippen LogP contribution in [0.15, 0.2) is 48.5 Å². The molecule has 0 heterocycles. The van der Waals surface area contributed by atoms with E-state index in [1.165, 1.54) is 14.2 Å². The zero-order valence-corrected chi connectivity index (χ0v) is 16.3. The van der Waals surface area contributed by atoms with Crippen molar-refractivity contribution in [2.45, 2.75) is 12.3 Å². The number of rotatable bonds is 5.